The topological polar surface area (TPSA) is 94.9 Å². The lowest BCUT2D eigenvalue weighted by molar-refractivity contribution is -0.384. The van der Waals surface area contributed by atoms with Gasteiger partial charge >= 0.3 is 0 Å². The van der Waals surface area contributed by atoms with Gasteiger partial charge in [0.1, 0.15) is 0 Å². The molecule has 1 heterocycles. The van der Waals surface area contributed by atoms with Gasteiger partial charge < -0.3 is 5.73 Å². The van der Waals surface area contributed by atoms with Crippen LogP contribution in [0.3, 0.4) is 0 Å². The van der Waals surface area contributed by atoms with Crippen molar-refractivity contribution in [2.45, 2.75) is 0 Å². The van der Waals surface area contributed by atoms with E-state index in [9.17, 15) is 10.1 Å². The first-order valence-corrected chi connectivity index (χ1v) is 7.47. The smallest absolute Gasteiger partial charge is 0.270 e. The van der Waals surface area contributed by atoms with E-state index in [1.807, 2.05) is 24.3 Å². The van der Waals surface area contributed by atoms with Crippen LogP contribution in [0.5, 0.6) is 0 Å². The van der Waals surface area contributed by atoms with Gasteiger partial charge in [-0.25, -0.2) is 9.97 Å². The molecule has 3 aromatic rings. The quantitative estimate of drug-likeness (QED) is 0.553. The number of nitrogens with zero attached hydrogens (tertiary/aromatic N) is 3. The summed E-state index contributed by atoms with van der Waals surface area (Å²) in [6, 6.07) is 15.7. The van der Waals surface area contributed by atoms with Gasteiger partial charge in [0.15, 0.2) is 0 Å². The van der Waals surface area contributed by atoms with Crippen LogP contribution < -0.4 is 5.73 Å². The highest BCUT2D eigenvalue weighted by Crippen LogP contribution is 2.28. The van der Waals surface area contributed by atoms with Crippen LogP contribution in [0.1, 0.15) is 0 Å². The molecule has 0 unspecified atom stereocenters. The molecule has 0 fully saturated rings. The van der Waals surface area contributed by atoms with Crippen molar-refractivity contribution < 1.29 is 4.92 Å². The molecule has 7 heteroatoms. The van der Waals surface area contributed by atoms with Crippen LogP contribution in [0.2, 0.25) is 0 Å². The Morgan fingerprint density at radius 1 is 0.957 bits per heavy atom. The summed E-state index contributed by atoms with van der Waals surface area (Å²) >= 11 is 3.42. The van der Waals surface area contributed by atoms with E-state index >= 15 is 0 Å². The molecule has 114 valence electrons. The molecular formula is C16H11BrN4O2. The van der Waals surface area contributed by atoms with Gasteiger partial charge in [0.2, 0.25) is 5.95 Å². The minimum Gasteiger partial charge on any atom is -0.368 e. The Balaban J connectivity index is 2.11. The fourth-order valence-corrected chi connectivity index (χ4v) is 2.59. The van der Waals surface area contributed by atoms with Crippen molar-refractivity contribution in [2.75, 3.05) is 5.73 Å². The number of rotatable bonds is 3. The molecule has 23 heavy (non-hydrogen) atoms. The standard InChI is InChI=1S/C16H11BrN4O2/c17-12-5-1-3-10(7-12)14-9-15(20-16(18)19-14)11-4-2-6-13(8-11)21(22)23/h1-9H,(H2,18,19,20). The minimum atomic E-state index is -0.441. The van der Waals surface area contributed by atoms with E-state index < -0.39 is 4.92 Å². The Bertz CT molecular complexity index is 899. The Morgan fingerprint density at radius 2 is 1.57 bits per heavy atom. The van der Waals surface area contributed by atoms with Gasteiger partial charge in [0.25, 0.3) is 5.69 Å². The van der Waals surface area contributed by atoms with Gasteiger partial charge in [-0.05, 0) is 18.2 Å². The molecule has 0 atom stereocenters. The highest BCUT2D eigenvalue weighted by Gasteiger charge is 2.11. The third kappa shape index (κ3) is 3.35. The molecule has 0 radical (unpaired) electrons. The van der Waals surface area contributed by atoms with Gasteiger partial charge in [0, 0.05) is 27.7 Å². The second-order valence-electron chi connectivity index (χ2n) is 4.81. The number of benzene rings is 2. The highest BCUT2D eigenvalue weighted by molar-refractivity contribution is 9.10. The number of halogens is 1. The van der Waals surface area contributed by atoms with Crippen molar-refractivity contribution in [1.29, 1.82) is 0 Å². The Morgan fingerprint density at radius 3 is 2.17 bits per heavy atom. The third-order valence-corrected chi connectivity index (χ3v) is 3.71. The highest BCUT2D eigenvalue weighted by atomic mass is 79.9. The Kier molecular flexibility index (Phi) is 4.03. The van der Waals surface area contributed by atoms with Crippen LogP contribution >= 0.6 is 15.9 Å². The first kappa shape index (κ1) is 15.1. The van der Waals surface area contributed by atoms with E-state index in [4.69, 9.17) is 5.73 Å². The summed E-state index contributed by atoms with van der Waals surface area (Å²) in [4.78, 5) is 18.9. The molecular weight excluding hydrogens is 360 g/mol. The molecule has 2 N–H and O–H groups in total. The monoisotopic (exact) mass is 370 g/mol. The second kappa shape index (κ2) is 6.13. The average Bonchev–Trinajstić information content (AvgIpc) is 2.54. The summed E-state index contributed by atoms with van der Waals surface area (Å²) in [5.41, 5.74) is 8.49. The van der Waals surface area contributed by atoms with E-state index in [1.54, 1.807) is 18.2 Å². The first-order chi connectivity index (χ1) is 11.0. The molecule has 3 rings (SSSR count). The number of hydrogen-bond acceptors (Lipinski definition) is 5. The normalized spacial score (nSPS) is 10.5. The number of nitro benzene ring substituents is 1. The van der Waals surface area contributed by atoms with E-state index in [0.29, 0.717) is 17.0 Å². The van der Waals surface area contributed by atoms with Crippen molar-refractivity contribution in [2.24, 2.45) is 0 Å². The van der Waals surface area contributed by atoms with Crippen LogP contribution in [-0.2, 0) is 0 Å². The molecule has 1 aromatic heterocycles. The maximum Gasteiger partial charge on any atom is 0.270 e. The fourth-order valence-electron chi connectivity index (χ4n) is 2.19. The summed E-state index contributed by atoms with van der Waals surface area (Å²) in [7, 11) is 0. The van der Waals surface area contributed by atoms with Crippen LogP contribution in [-0.4, -0.2) is 14.9 Å². The third-order valence-electron chi connectivity index (χ3n) is 3.22. The zero-order valence-corrected chi connectivity index (χ0v) is 13.4. The number of nitrogens with two attached hydrogens (primary N) is 1. The van der Waals surface area contributed by atoms with Gasteiger partial charge in [-0.3, -0.25) is 10.1 Å². The predicted octanol–water partition coefficient (Wildman–Crippen LogP) is 4.06. The lowest BCUT2D eigenvalue weighted by atomic mass is 10.1. The molecule has 0 saturated carbocycles. The lowest BCUT2D eigenvalue weighted by Gasteiger charge is -2.07. The van der Waals surface area contributed by atoms with Crippen molar-refractivity contribution in [1.82, 2.24) is 9.97 Å². The van der Waals surface area contributed by atoms with E-state index in [0.717, 1.165) is 10.0 Å². The summed E-state index contributed by atoms with van der Waals surface area (Å²) in [5, 5.41) is 10.9. The molecule has 0 spiro atoms. The molecule has 2 aromatic carbocycles. The summed E-state index contributed by atoms with van der Waals surface area (Å²) in [6.07, 6.45) is 0. The average molecular weight is 371 g/mol. The molecule has 0 aliphatic heterocycles. The number of nitro groups is 1. The predicted molar refractivity (Wildman–Crippen MR) is 91.7 cm³/mol. The largest absolute Gasteiger partial charge is 0.368 e. The van der Waals surface area contributed by atoms with Crippen LogP contribution in [0.15, 0.2) is 59.1 Å². The number of non-ortho nitro benzene ring substituents is 1. The summed E-state index contributed by atoms with van der Waals surface area (Å²) in [5.74, 6) is 0.115. The molecule has 0 saturated heterocycles. The first-order valence-electron chi connectivity index (χ1n) is 6.68. The zero-order valence-electron chi connectivity index (χ0n) is 11.8. The van der Waals surface area contributed by atoms with Crippen molar-refractivity contribution in [3.63, 3.8) is 0 Å². The van der Waals surface area contributed by atoms with E-state index in [1.165, 1.54) is 12.1 Å². The molecule has 0 amide bonds. The lowest BCUT2D eigenvalue weighted by Crippen LogP contribution is -1.99. The SMILES string of the molecule is Nc1nc(-c2cccc(Br)c2)cc(-c2cccc([N+](=O)[O-])c2)n1. The van der Waals surface area contributed by atoms with Crippen LogP contribution in [0.4, 0.5) is 11.6 Å². The summed E-state index contributed by atoms with van der Waals surface area (Å²) in [6.45, 7) is 0. The van der Waals surface area contributed by atoms with Crippen LogP contribution in [0.25, 0.3) is 22.5 Å². The number of anilines is 1. The van der Waals surface area contributed by atoms with Gasteiger partial charge in [0.05, 0.1) is 16.3 Å². The van der Waals surface area contributed by atoms with E-state index in [2.05, 4.69) is 25.9 Å². The maximum absolute atomic E-state index is 10.9. The molecule has 0 aliphatic carbocycles. The molecule has 6 nitrogen and oxygen atoms in total. The molecule has 0 bridgehead atoms. The maximum atomic E-state index is 10.9. The van der Waals surface area contributed by atoms with Crippen molar-refractivity contribution in [3.05, 3.63) is 69.2 Å². The van der Waals surface area contributed by atoms with Gasteiger partial charge in [-0.2, -0.15) is 0 Å². The van der Waals surface area contributed by atoms with Crippen molar-refractivity contribution in [3.8, 4) is 22.5 Å². The zero-order chi connectivity index (χ0) is 16.4. The van der Waals surface area contributed by atoms with Crippen LogP contribution in [0, 0.1) is 10.1 Å². The molecule has 0 aliphatic rings. The fraction of sp³-hybridized carbons (Fsp3) is 0. The number of nitrogen functional groups attached to an aromatic ring is 1. The number of hydrogen-bond donors (Lipinski definition) is 1. The Hall–Kier alpha value is -2.80. The van der Waals surface area contributed by atoms with Crippen molar-refractivity contribution >= 4 is 27.6 Å². The van der Waals surface area contributed by atoms with E-state index in [-0.39, 0.29) is 11.6 Å². The van der Waals surface area contributed by atoms with Gasteiger partial charge in [-0.15, -0.1) is 0 Å². The number of aromatic nitrogens is 2. The second-order valence-corrected chi connectivity index (χ2v) is 5.73. The van der Waals surface area contributed by atoms with Gasteiger partial charge in [-0.1, -0.05) is 40.2 Å². The minimum absolute atomic E-state index is 0.00342. The summed E-state index contributed by atoms with van der Waals surface area (Å²) < 4.78 is 0.920. The Labute approximate surface area is 140 Å².